The van der Waals surface area contributed by atoms with Crippen LogP contribution in [0.15, 0.2) is 18.2 Å². The molecule has 0 bridgehead atoms. The fourth-order valence-corrected chi connectivity index (χ4v) is 4.45. The van der Waals surface area contributed by atoms with Gasteiger partial charge in [0.2, 0.25) is 0 Å². The number of nitrogens with zero attached hydrogens (tertiary/aromatic N) is 2. The van der Waals surface area contributed by atoms with Gasteiger partial charge in [0.1, 0.15) is 5.75 Å². The molecule has 1 heterocycles. The van der Waals surface area contributed by atoms with Crippen LogP contribution in [0.1, 0.15) is 18.9 Å². The van der Waals surface area contributed by atoms with Crippen LogP contribution in [0.25, 0.3) is 0 Å². The zero-order valence-corrected chi connectivity index (χ0v) is 14.4. The van der Waals surface area contributed by atoms with E-state index < -0.39 is 15.9 Å². The topological polar surface area (TPSA) is 87.5 Å². The molecule has 0 spiro atoms. The first-order valence-corrected chi connectivity index (χ1v) is 9.27. The number of hydrogen-bond acceptors (Lipinski definition) is 5. The number of sulfone groups is 1. The number of amides is 1. The second-order valence-corrected chi connectivity index (χ2v) is 8.16. The van der Waals surface area contributed by atoms with Crippen molar-refractivity contribution < 1.29 is 17.9 Å². The number of hydrogen-bond donors (Lipinski definition) is 0. The molecule has 0 unspecified atom stereocenters. The number of carbonyl (C=O) groups is 1. The number of nitriles is 1. The summed E-state index contributed by atoms with van der Waals surface area (Å²) in [5.74, 6) is 0.0810. The van der Waals surface area contributed by atoms with Crippen LogP contribution in [-0.4, -0.2) is 49.9 Å². The molecular weight excluding hydrogens is 340 g/mol. The van der Waals surface area contributed by atoms with Crippen LogP contribution in [0.2, 0.25) is 5.02 Å². The van der Waals surface area contributed by atoms with E-state index in [1.54, 1.807) is 20.0 Å². The van der Waals surface area contributed by atoms with Crippen molar-refractivity contribution in [2.75, 3.05) is 18.6 Å². The molecule has 1 aromatic rings. The maximum atomic E-state index is 12.4. The fraction of sp³-hybridized carbons (Fsp3) is 0.467. The lowest BCUT2D eigenvalue weighted by Crippen LogP contribution is -2.44. The Morgan fingerprint density at radius 1 is 1.52 bits per heavy atom. The molecule has 0 saturated carbocycles. The second-order valence-electron chi connectivity index (χ2n) is 5.52. The Bertz CT molecular complexity index is 757. The quantitative estimate of drug-likeness (QED) is 0.818. The molecule has 0 aromatic heterocycles. The Hall–Kier alpha value is -1.78. The van der Waals surface area contributed by atoms with E-state index in [4.69, 9.17) is 21.6 Å². The highest BCUT2D eigenvalue weighted by Crippen LogP contribution is 2.27. The van der Waals surface area contributed by atoms with Gasteiger partial charge in [0, 0.05) is 13.1 Å². The smallest absolute Gasteiger partial charge is 0.263 e. The summed E-state index contributed by atoms with van der Waals surface area (Å²) in [5, 5.41) is 9.05. The minimum Gasteiger partial charge on any atom is -0.479 e. The van der Waals surface area contributed by atoms with Gasteiger partial charge in [-0.15, -0.1) is 0 Å². The highest BCUT2D eigenvalue weighted by Gasteiger charge is 2.34. The molecule has 1 amide bonds. The van der Waals surface area contributed by atoms with Gasteiger partial charge in [-0.3, -0.25) is 4.79 Å². The predicted octanol–water partition coefficient (Wildman–Crippen LogP) is 1.62. The first kappa shape index (κ1) is 17.6. The summed E-state index contributed by atoms with van der Waals surface area (Å²) < 4.78 is 28.6. The van der Waals surface area contributed by atoms with Crippen LogP contribution in [0.5, 0.6) is 5.75 Å². The van der Waals surface area contributed by atoms with Gasteiger partial charge in [0.05, 0.1) is 28.2 Å². The van der Waals surface area contributed by atoms with Crippen molar-refractivity contribution in [2.24, 2.45) is 0 Å². The molecule has 124 valence electrons. The normalized spacial score (nSPS) is 20.5. The molecule has 1 aliphatic rings. The van der Waals surface area contributed by atoms with Gasteiger partial charge in [-0.2, -0.15) is 5.26 Å². The lowest BCUT2D eigenvalue weighted by Gasteiger charge is -2.27. The van der Waals surface area contributed by atoms with Crippen molar-refractivity contribution in [2.45, 2.75) is 25.5 Å². The van der Waals surface area contributed by atoms with Crippen molar-refractivity contribution in [1.29, 1.82) is 5.26 Å². The molecule has 8 heteroatoms. The minimum atomic E-state index is -3.06. The third kappa shape index (κ3) is 4.15. The molecule has 1 saturated heterocycles. The van der Waals surface area contributed by atoms with Crippen molar-refractivity contribution in [3.8, 4) is 11.8 Å². The van der Waals surface area contributed by atoms with Crippen LogP contribution in [0.4, 0.5) is 0 Å². The number of carbonyl (C=O) groups excluding carboxylic acids is 1. The molecule has 2 atom stereocenters. The van der Waals surface area contributed by atoms with Crippen LogP contribution in [0.3, 0.4) is 0 Å². The fourth-order valence-electron chi connectivity index (χ4n) is 2.45. The van der Waals surface area contributed by atoms with Crippen LogP contribution in [0, 0.1) is 11.3 Å². The SMILES string of the molecule is C[C@H](Oc1ccc(C#N)cc1Cl)C(=O)N(C)[C@H]1CCS(=O)(=O)C1. The largest absolute Gasteiger partial charge is 0.479 e. The van der Waals surface area contributed by atoms with E-state index in [2.05, 4.69) is 0 Å². The predicted molar refractivity (Wildman–Crippen MR) is 86.1 cm³/mol. The van der Waals surface area contributed by atoms with Gasteiger partial charge in [0.25, 0.3) is 5.91 Å². The third-order valence-electron chi connectivity index (χ3n) is 3.82. The standard InChI is InChI=1S/C15H17ClN2O4S/c1-10(22-14-4-3-11(8-17)7-13(14)16)15(19)18(2)12-5-6-23(20,21)9-12/h3-4,7,10,12H,5-6,9H2,1-2H3/t10-,12-/m0/s1. The molecule has 0 aliphatic carbocycles. The highest BCUT2D eigenvalue weighted by atomic mass is 35.5. The summed E-state index contributed by atoms with van der Waals surface area (Å²) in [5.41, 5.74) is 0.398. The third-order valence-corrected chi connectivity index (χ3v) is 5.86. The van der Waals surface area contributed by atoms with E-state index in [-0.39, 0.29) is 28.5 Å². The molecule has 0 radical (unpaired) electrons. The first-order chi connectivity index (χ1) is 10.7. The monoisotopic (exact) mass is 356 g/mol. The van der Waals surface area contributed by atoms with E-state index in [0.717, 1.165) is 0 Å². The molecule has 1 fully saturated rings. The van der Waals surface area contributed by atoms with Crippen molar-refractivity contribution in [3.63, 3.8) is 0 Å². The minimum absolute atomic E-state index is 0.0143. The summed E-state index contributed by atoms with van der Waals surface area (Å²) in [4.78, 5) is 13.8. The number of halogens is 1. The Balaban J connectivity index is 2.04. The van der Waals surface area contributed by atoms with Gasteiger partial charge < -0.3 is 9.64 Å². The Morgan fingerprint density at radius 3 is 2.74 bits per heavy atom. The van der Waals surface area contributed by atoms with Gasteiger partial charge >= 0.3 is 0 Å². The van der Waals surface area contributed by atoms with Gasteiger partial charge in [-0.25, -0.2) is 8.42 Å². The highest BCUT2D eigenvalue weighted by molar-refractivity contribution is 7.91. The van der Waals surface area contributed by atoms with Crippen molar-refractivity contribution in [3.05, 3.63) is 28.8 Å². The zero-order chi connectivity index (χ0) is 17.2. The summed E-state index contributed by atoms with van der Waals surface area (Å²) >= 11 is 6.02. The molecule has 1 aliphatic heterocycles. The Kier molecular flexibility index (Phi) is 5.17. The summed E-state index contributed by atoms with van der Waals surface area (Å²) in [6, 6.07) is 6.18. The first-order valence-electron chi connectivity index (χ1n) is 7.07. The maximum Gasteiger partial charge on any atom is 0.263 e. The van der Waals surface area contributed by atoms with Gasteiger partial charge in [0.15, 0.2) is 15.9 Å². The molecule has 23 heavy (non-hydrogen) atoms. The zero-order valence-electron chi connectivity index (χ0n) is 12.8. The average molecular weight is 357 g/mol. The molecule has 6 nitrogen and oxygen atoms in total. The number of benzene rings is 1. The van der Waals surface area contributed by atoms with Crippen LogP contribution < -0.4 is 4.74 Å². The van der Waals surface area contributed by atoms with Crippen molar-refractivity contribution in [1.82, 2.24) is 4.90 Å². The Labute approximate surface area is 140 Å². The van der Waals surface area contributed by atoms with E-state index in [1.807, 2.05) is 6.07 Å². The van der Waals surface area contributed by atoms with Crippen LogP contribution >= 0.6 is 11.6 Å². The van der Waals surface area contributed by atoms with Crippen LogP contribution in [-0.2, 0) is 14.6 Å². The average Bonchev–Trinajstić information content (AvgIpc) is 2.87. The van der Waals surface area contributed by atoms with E-state index in [0.29, 0.717) is 17.7 Å². The summed E-state index contributed by atoms with van der Waals surface area (Å²) in [7, 11) is -1.48. The summed E-state index contributed by atoms with van der Waals surface area (Å²) in [6.45, 7) is 1.58. The lowest BCUT2D eigenvalue weighted by atomic mass is 10.2. The van der Waals surface area contributed by atoms with E-state index in [9.17, 15) is 13.2 Å². The number of rotatable bonds is 4. The second kappa shape index (κ2) is 6.77. The molecule has 1 aromatic carbocycles. The van der Waals surface area contributed by atoms with Gasteiger partial charge in [-0.1, -0.05) is 11.6 Å². The van der Waals surface area contributed by atoms with Crippen molar-refractivity contribution >= 4 is 27.3 Å². The number of likely N-dealkylation sites (N-methyl/N-ethyl adjacent to an activating group) is 1. The molecule has 2 rings (SSSR count). The van der Waals surface area contributed by atoms with Gasteiger partial charge in [-0.05, 0) is 31.5 Å². The van der Waals surface area contributed by atoms with E-state index in [1.165, 1.54) is 17.0 Å². The number of ether oxygens (including phenoxy) is 1. The molecular formula is C15H17ClN2O4S. The maximum absolute atomic E-state index is 12.4. The Morgan fingerprint density at radius 2 is 2.22 bits per heavy atom. The summed E-state index contributed by atoms with van der Waals surface area (Å²) in [6.07, 6.45) is -0.372. The molecule has 0 N–H and O–H groups in total. The van der Waals surface area contributed by atoms with E-state index >= 15 is 0 Å². The lowest BCUT2D eigenvalue weighted by molar-refractivity contribution is -0.138.